The lowest BCUT2D eigenvalue weighted by Crippen LogP contribution is -2.05. The first kappa shape index (κ1) is 16.6. The van der Waals surface area contributed by atoms with Crippen LogP contribution in [0.1, 0.15) is 10.4 Å². The number of carbonyl (C=O) groups excluding carboxylic acids is 1. The fourth-order valence-corrected chi connectivity index (χ4v) is 2.02. The maximum absolute atomic E-state index is 11.6. The topological polar surface area (TPSA) is 99.4 Å². The number of methoxy groups -OCH3 is 1. The molecule has 0 saturated carbocycles. The Kier molecular flexibility index (Phi) is 5.38. The lowest BCUT2D eigenvalue weighted by atomic mass is 10.2. The largest absolute Gasteiger partial charge is 0.465 e. The van der Waals surface area contributed by atoms with Crippen molar-refractivity contribution >= 4 is 39.2 Å². The SMILES string of the molecule is C#CCOc1nc(Nc2cc(N)cc(C(=O)OC)c2)ncc1Br. The highest BCUT2D eigenvalue weighted by Crippen LogP contribution is 2.25. The maximum atomic E-state index is 11.6. The van der Waals surface area contributed by atoms with E-state index in [0.717, 1.165) is 0 Å². The van der Waals surface area contributed by atoms with Crippen molar-refractivity contribution < 1.29 is 14.3 Å². The van der Waals surface area contributed by atoms with E-state index in [4.69, 9.17) is 16.9 Å². The number of nitrogens with zero attached hydrogens (tertiary/aromatic N) is 2. The van der Waals surface area contributed by atoms with E-state index in [1.54, 1.807) is 12.1 Å². The molecular weight excluding hydrogens is 364 g/mol. The van der Waals surface area contributed by atoms with Crippen LogP contribution < -0.4 is 15.8 Å². The Hall–Kier alpha value is -2.79. The Morgan fingerprint density at radius 1 is 1.48 bits per heavy atom. The average Bonchev–Trinajstić information content (AvgIpc) is 2.54. The summed E-state index contributed by atoms with van der Waals surface area (Å²) in [6.07, 6.45) is 6.68. The first-order valence-electron chi connectivity index (χ1n) is 6.38. The zero-order valence-corrected chi connectivity index (χ0v) is 13.8. The molecule has 0 fully saturated rings. The molecule has 1 aromatic carbocycles. The van der Waals surface area contributed by atoms with Gasteiger partial charge in [0.25, 0.3) is 0 Å². The summed E-state index contributed by atoms with van der Waals surface area (Å²) in [5.74, 6) is 2.43. The minimum absolute atomic E-state index is 0.0832. The summed E-state index contributed by atoms with van der Waals surface area (Å²) in [5.41, 5.74) is 7.04. The molecule has 0 radical (unpaired) electrons. The molecular formula is C15H13BrN4O3. The highest BCUT2D eigenvalue weighted by atomic mass is 79.9. The predicted octanol–water partition coefficient (Wildman–Crippen LogP) is 2.36. The first-order valence-corrected chi connectivity index (χ1v) is 7.17. The fraction of sp³-hybridized carbons (Fsp3) is 0.133. The van der Waals surface area contributed by atoms with Crippen LogP contribution in [0, 0.1) is 12.3 Å². The number of nitrogen functional groups attached to an aromatic ring is 1. The molecule has 0 aliphatic rings. The Bertz CT molecular complexity index is 774. The van der Waals surface area contributed by atoms with E-state index in [0.29, 0.717) is 27.3 Å². The Labute approximate surface area is 141 Å². The standard InChI is InChI=1S/C15H13BrN4O3/c1-3-4-23-13-12(16)8-18-15(20-13)19-11-6-9(14(21)22-2)5-10(17)7-11/h1,5-8H,4,17H2,2H3,(H,18,19,20). The van der Waals surface area contributed by atoms with Crippen molar-refractivity contribution in [1.82, 2.24) is 9.97 Å². The molecule has 0 aliphatic heterocycles. The lowest BCUT2D eigenvalue weighted by Gasteiger charge is -2.10. The number of esters is 1. The highest BCUT2D eigenvalue weighted by Gasteiger charge is 2.10. The Morgan fingerprint density at radius 3 is 2.96 bits per heavy atom. The molecule has 0 bridgehead atoms. The number of aromatic nitrogens is 2. The second-order valence-electron chi connectivity index (χ2n) is 4.30. The Balaban J connectivity index is 2.27. The number of rotatable bonds is 5. The quantitative estimate of drug-likeness (QED) is 0.469. The van der Waals surface area contributed by atoms with Crippen LogP contribution in [0.4, 0.5) is 17.3 Å². The number of hydrogen-bond donors (Lipinski definition) is 2. The highest BCUT2D eigenvalue weighted by molar-refractivity contribution is 9.10. The summed E-state index contributed by atoms with van der Waals surface area (Å²) in [4.78, 5) is 19.9. The van der Waals surface area contributed by atoms with Crippen molar-refractivity contribution in [2.45, 2.75) is 0 Å². The van der Waals surface area contributed by atoms with E-state index in [1.165, 1.54) is 19.4 Å². The van der Waals surface area contributed by atoms with Crippen LogP contribution in [0.2, 0.25) is 0 Å². The third-order valence-electron chi connectivity index (χ3n) is 2.64. The van der Waals surface area contributed by atoms with Crippen molar-refractivity contribution in [3.63, 3.8) is 0 Å². The van der Waals surface area contributed by atoms with Gasteiger partial charge < -0.3 is 20.5 Å². The van der Waals surface area contributed by atoms with Gasteiger partial charge in [-0.25, -0.2) is 9.78 Å². The normalized spacial score (nSPS) is 9.78. The summed E-state index contributed by atoms with van der Waals surface area (Å²) in [5, 5.41) is 2.95. The van der Waals surface area contributed by atoms with E-state index in [-0.39, 0.29) is 12.6 Å². The molecule has 0 saturated heterocycles. The smallest absolute Gasteiger partial charge is 0.337 e. The van der Waals surface area contributed by atoms with Crippen LogP contribution in [0.3, 0.4) is 0 Å². The van der Waals surface area contributed by atoms with Crippen LogP contribution in [0.25, 0.3) is 0 Å². The molecule has 3 N–H and O–H groups in total. The van der Waals surface area contributed by atoms with Crippen LogP contribution >= 0.6 is 15.9 Å². The molecule has 8 heteroatoms. The summed E-state index contributed by atoms with van der Waals surface area (Å²) in [7, 11) is 1.30. The number of carbonyl (C=O) groups is 1. The van der Waals surface area contributed by atoms with Gasteiger partial charge in [-0.3, -0.25) is 0 Å². The first-order chi connectivity index (χ1) is 11.0. The van der Waals surface area contributed by atoms with Gasteiger partial charge in [-0.1, -0.05) is 5.92 Å². The van der Waals surface area contributed by atoms with Crippen LogP contribution in [0.15, 0.2) is 28.9 Å². The van der Waals surface area contributed by atoms with Gasteiger partial charge in [-0.2, -0.15) is 4.98 Å². The van der Waals surface area contributed by atoms with Crippen molar-refractivity contribution in [2.75, 3.05) is 24.8 Å². The third-order valence-corrected chi connectivity index (χ3v) is 3.18. The maximum Gasteiger partial charge on any atom is 0.337 e. The van der Waals surface area contributed by atoms with Gasteiger partial charge in [0.1, 0.15) is 0 Å². The van der Waals surface area contributed by atoms with Crippen molar-refractivity contribution in [2.24, 2.45) is 0 Å². The summed E-state index contributed by atoms with van der Waals surface area (Å²) < 4.78 is 10.5. The number of nitrogens with one attached hydrogen (secondary N) is 1. The molecule has 1 heterocycles. The van der Waals surface area contributed by atoms with Crippen LogP contribution in [-0.2, 0) is 4.74 Å². The minimum atomic E-state index is -0.491. The summed E-state index contributed by atoms with van der Waals surface area (Å²) >= 11 is 3.27. The molecule has 2 rings (SSSR count). The van der Waals surface area contributed by atoms with Crippen LogP contribution in [0.5, 0.6) is 5.88 Å². The number of halogens is 1. The summed E-state index contributed by atoms with van der Waals surface area (Å²) in [6, 6.07) is 4.73. The van der Waals surface area contributed by atoms with Crippen molar-refractivity contribution in [1.29, 1.82) is 0 Å². The molecule has 0 unspecified atom stereocenters. The van der Waals surface area contributed by atoms with Gasteiger partial charge in [0, 0.05) is 11.4 Å². The molecule has 118 valence electrons. The number of hydrogen-bond acceptors (Lipinski definition) is 7. The van der Waals surface area contributed by atoms with Gasteiger partial charge in [0.15, 0.2) is 6.61 Å². The van der Waals surface area contributed by atoms with E-state index in [1.807, 2.05) is 0 Å². The van der Waals surface area contributed by atoms with Gasteiger partial charge in [-0.05, 0) is 34.1 Å². The van der Waals surface area contributed by atoms with E-state index < -0.39 is 5.97 Å². The number of terminal acetylenes is 1. The second kappa shape index (κ2) is 7.47. The van der Waals surface area contributed by atoms with E-state index in [2.05, 4.69) is 41.9 Å². The van der Waals surface area contributed by atoms with Gasteiger partial charge in [0.05, 0.1) is 23.3 Å². The molecule has 23 heavy (non-hydrogen) atoms. The molecule has 0 amide bonds. The number of ether oxygens (including phenoxy) is 2. The van der Waals surface area contributed by atoms with Gasteiger partial charge >= 0.3 is 5.97 Å². The fourth-order valence-electron chi connectivity index (χ4n) is 1.71. The molecule has 2 aromatic rings. The molecule has 0 atom stereocenters. The van der Waals surface area contributed by atoms with Gasteiger partial charge in [-0.15, -0.1) is 6.42 Å². The second-order valence-corrected chi connectivity index (χ2v) is 5.15. The number of nitrogens with two attached hydrogens (primary N) is 1. The van der Waals surface area contributed by atoms with E-state index >= 15 is 0 Å². The van der Waals surface area contributed by atoms with Crippen LogP contribution in [-0.4, -0.2) is 29.7 Å². The molecule has 1 aromatic heterocycles. The lowest BCUT2D eigenvalue weighted by molar-refractivity contribution is 0.0601. The zero-order chi connectivity index (χ0) is 16.8. The average molecular weight is 377 g/mol. The van der Waals surface area contributed by atoms with Crippen molar-refractivity contribution in [3.05, 3.63) is 34.4 Å². The minimum Gasteiger partial charge on any atom is -0.465 e. The Morgan fingerprint density at radius 2 is 2.26 bits per heavy atom. The predicted molar refractivity (Wildman–Crippen MR) is 89.5 cm³/mol. The molecule has 0 aliphatic carbocycles. The third kappa shape index (κ3) is 4.34. The molecule has 7 nitrogen and oxygen atoms in total. The van der Waals surface area contributed by atoms with E-state index in [9.17, 15) is 4.79 Å². The number of anilines is 3. The zero-order valence-electron chi connectivity index (χ0n) is 12.2. The molecule has 0 spiro atoms. The summed E-state index contributed by atoms with van der Waals surface area (Å²) in [6.45, 7) is 0.0832. The monoisotopic (exact) mass is 376 g/mol. The van der Waals surface area contributed by atoms with Crippen molar-refractivity contribution in [3.8, 4) is 18.2 Å². The number of benzene rings is 1. The van der Waals surface area contributed by atoms with Gasteiger partial charge in [0.2, 0.25) is 11.8 Å².